The fourth-order valence-corrected chi connectivity index (χ4v) is 1.41. The third-order valence-corrected chi connectivity index (χ3v) is 2.03. The first-order valence-corrected chi connectivity index (χ1v) is 4.37. The number of thiocyanates is 2. The normalized spacial score (nSPS) is 21.3. The van der Waals surface area contributed by atoms with Crippen LogP contribution in [0.1, 0.15) is 0 Å². The number of aliphatic imine (C=N–C) groups is 1. The lowest BCUT2D eigenvalue weighted by molar-refractivity contribution is 0.349. The second-order valence-corrected chi connectivity index (χ2v) is 3.26. The second-order valence-electron chi connectivity index (χ2n) is 1.56. The van der Waals surface area contributed by atoms with Crippen molar-refractivity contribution in [1.82, 2.24) is 0 Å². The van der Waals surface area contributed by atoms with Crippen LogP contribution in [-0.4, -0.2) is 17.2 Å². The molecule has 1 heterocycles. The first-order chi connectivity index (χ1) is 5.36. The summed E-state index contributed by atoms with van der Waals surface area (Å²) in [5.41, 5.74) is 0. The number of nitriles is 2. The van der Waals surface area contributed by atoms with Gasteiger partial charge in [0, 0.05) is 11.8 Å². The zero-order valence-electron chi connectivity index (χ0n) is 5.35. The smallest absolute Gasteiger partial charge is 0.262 e. The molecule has 0 saturated carbocycles. The van der Waals surface area contributed by atoms with E-state index in [9.17, 15) is 0 Å². The van der Waals surface area contributed by atoms with Gasteiger partial charge in [-0.15, -0.1) is 0 Å². The first kappa shape index (κ1) is 8.25. The zero-order valence-corrected chi connectivity index (χ0v) is 6.98. The average molecular weight is 185 g/mol. The molecule has 1 atom stereocenters. The molecule has 0 aromatic heterocycles. The molecule has 0 amide bonds. The molecule has 0 saturated heterocycles. The van der Waals surface area contributed by atoms with Gasteiger partial charge in [-0.25, -0.2) is 4.99 Å². The van der Waals surface area contributed by atoms with Crippen LogP contribution in [0.2, 0.25) is 0 Å². The predicted molar refractivity (Wildman–Crippen MR) is 43.6 cm³/mol. The van der Waals surface area contributed by atoms with Crippen molar-refractivity contribution in [2.45, 2.75) is 5.37 Å². The molecule has 1 aliphatic heterocycles. The summed E-state index contributed by atoms with van der Waals surface area (Å²) in [6, 6.07) is 0. The van der Waals surface area contributed by atoms with E-state index in [4.69, 9.17) is 15.3 Å². The van der Waals surface area contributed by atoms with Crippen LogP contribution in [-0.2, 0) is 4.74 Å². The van der Waals surface area contributed by atoms with Crippen molar-refractivity contribution in [2.75, 3.05) is 6.61 Å². The molecule has 0 aliphatic carbocycles. The average Bonchev–Trinajstić information content (AvgIpc) is 2.38. The van der Waals surface area contributed by atoms with E-state index >= 15 is 0 Å². The fraction of sp³-hybridized carbons (Fsp3) is 0.400. The summed E-state index contributed by atoms with van der Waals surface area (Å²) < 4.78 is 4.98. The van der Waals surface area contributed by atoms with E-state index < -0.39 is 0 Å². The molecular weight excluding hydrogens is 182 g/mol. The highest BCUT2D eigenvalue weighted by Crippen LogP contribution is 2.20. The maximum absolute atomic E-state index is 8.26. The molecule has 4 nitrogen and oxygen atoms in total. The molecule has 0 spiro atoms. The number of rotatable bonds is 1. The maximum Gasteiger partial charge on any atom is 0.262 e. The molecule has 6 heteroatoms. The SMILES string of the molecule is N#CSC1=NC(SC#N)CO1. The standard InChI is InChI=1S/C5H3N3OS2/c6-2-10-4-1-9-5(8-4)11-3-7/h4H,1H2. The Morgan fingerprint density at radius 1 is 1.55 bits per heavy atom. The number of hydrogen-bond donors (Lipinski definition) is 0. The van der Waals surface area contributed by atoms with Gasteiger partial charge in [0.1, 0.15) is 22.8 Å². The van der Waals surface area contributed by atoms with Crippen molar-refractivity contribution in [1.29, 1.82) is 10.5 Å². The lowest BCUT2D eigenvalue weighted by Gasteiger charge is -1.93. The third-order valence-electron chi connectivity index (χ3n) is 0.920. The lowest BCUT2D eigenvalue weighted by atomic mass is 10.7. The lowest BCUT2D eigenvalue weighted by Crippen LogP contribution is -1.98. The Balaban J connectivity index is 2.43. The first-order valence-electron chi connectivity index (χ1n) is 2.68. The van der Waals surface area contributed by atoms with E-state index in [1.807, 2.05) is 10.8 Å². The number of ether oxygens (including phenoxy) is 1. The molecule has 0 radical (unpaired) electrons. The van der Waals surface area contributed by atoms with Crippen molar-refractivity contribution in [3.05, 3.63) is 0 Å². The van der Waals surface area contributed by atoms with E-state index in [1.54, 1.807) is 0 Å². The summed E-state index contributed by atoms with van der Waals surface area (Å²) in [4.78, 5) is 3.94. The zero-order chi connectivity index (χ0) is 8.10. The molecular formula is C5H3N3OS2. The van der Waals surface area contributed by atoms with Crippen LogP contribution >= 0.6 is 23.5 Å². The van der Waals surface area contributed by atoms with Crippen molar-refractivity contribution >= 4 is 28.8 Å². The molecule has 0 aromatic carbocycles. The minimum absolute atomic E-state index is 0.157. The highest BCUT2D eigenvalue weighted by atomic mass is 32.2. The van der Waals surface area contributed by atoms with E-state index in [1.165, 1.54) is 0 Å². The Labute approximate surface area is 72.2 Å². The van der Waals surface area contributed by atoms with Gasteiger partial charge in [0.2, 0.25) is 0 Å². The van der Waals surface area contributed by atoms with Gasteiger partial charge in [0.05, 0.1) is 0 Å². The van der Waals surface area contributed by atoms with Gasteiger partial charge in [-0.1, -0.05) is 0 Å². The molecule has 56 valence electrons. The van der Waals surface area contributed by atoms with Gasteiger partial charge in [-0.3, -0.25) is 0 Å². The van der Waals surface area contributed by atoms with Crippen LogP contribution in [0.3, 0.4) is 0 Å². The van der Waals surface area contributed by atoms with Crippen LogP contribution in [0, 0.1) is 21.3 Å². The maximum atomic E-state index is 8.26. The van der Waals surface area contributed by atoms with E-state index in [0.29, 0.717) is 11.8 Å². The van der Waals surface area contributed by atoms with Gasteiger partial charge in [-0.2, -0.15) is 10.5 Å². The summed E-state index contributed by atoms with van der Waals surface area (Å²) in [5.74, 6) is 0. The fourth-order valence-electron chi connectivity index (χ4n) is 0.551. The van der Waals surface area contributed by atoms with Crippen molar-refractivity contribution < 1.29 is 4.74 Å². The van der Waals surface area contributed by atoms with Crippen molar-refractivity contribution in [2.24, 2.45) is 4.99 Å². The Morgan fingerprint density at radius 2 is 2.36 bits per heavy atom. The monoisotopic (exact) mass is 185 g/mol. The van der Waals surface area contributed by atoms with Crippen LogP contribution in [0.15, 0.2) is 4.99 Å². The minimum Gasteiger partial charge on any atom is -0.469 e. The largest absolute Gasteiger partial charge is 0.469 e. The molecule has 0 aromatic rings. The molecule has 1 unspecified atom stereocenters. The number of hydrogen-bond acceptors (Lipinski definition) is 6. The number of nitrogens with zero attached hydrogens (tertiary/aromatic N) is 3. The Hall–Kier alpha value is -0.850. The minimum atomic E-state index is -0.157. The summed E-state index contributed by atoms with van der Waals surface area (Å²) in [6.07, 6.45) is 0. The van der Waals surface area contributed by atoms with Gasteiger partial charge in [0.15, 0.2) is 0 Å². The number of thioether (sulfide) groups is 2. The molecule has 1 aliphatic rings. The summed E-state index contributed by atoms with van der Waals surface area (Å²) in [7, 11) is 0. The second kappa shape index (κ2) is 4.12. The summed E-state index contributed by atoms with van der Waals surface area (Å²) >= 11 is 1.92. The van der Waals surface area contributed by atoms with Gasteiger partial charge in [-0.05, 0) is 11.8 Å². The van der Waals surface area contributed by atoms with E-state index in [-0.39, 0.29) is 5.37 Å². The topological polar surface area (TPSA) is 69.2 Å². The molecule has 11 heavy (non-hydrogen) atoms. The third kappa shape index (κ3) is 2.34. The Bertz CT molecular complexity index is 251. The van der Waals surface area contributed by atoms with Crippen LogP contribution in [0.25, 0.3) is 0 Å². The van der Waals surface area contributed by atoms with Crippen LogP contribution in [0.5, 0.6) is 0 Å². The van der Waals surface area contributed by atoms with Gasteiger partial charge < -0.3 is 4.74 Å². The van der Waals surface area contributed by atoms with E-state index in [0.717, 1.165) is 23.5 Å². The molecule has 0 N–H and O–H groups in total. The molecule has 0 bridgehead atoms. The van der Waals surface area contributed by atoms with Gasteiger partial charge in [0.25, 0.3) is 5.23 Å². The summed E-state index contributed by atoms with van der Waals surface area (Å²) in [5, 5.41) is 20.4. The molecule has 0 fully saturated rings. The summed E-state index contributed by atoms with van der Waals surface area (Å²) in [6.45, 7) is 0.391. The van der Waals surface area contributed by atoms with Gasteiger partial charge >= 0.3 is 0 Å². The molecule has 1 rings (SSSR count). The Morgan fingerprint density at radius 3 is 3.00 bits per heavy atom. The quantitative estimate of drug-likeness (QED) is 0.573. The van der Waals surface area contributed by atoms with E-state index in [2.05, 4.69) is 4.99 Å². The van der Waals surface area contributed by atoms with Crippen molar-refractivity contribution in [3.63, 3.8) is 0 Å². The Kier molecular flexibility index (Phi) is 3.09. The van der Waals surface area contributed by atoms with Crippen molar-refractivity contribution in [3.8, 4) is 10.8 Å². The predicted octanol–water partition coefficient (Wildman–Crippen LogP) is 1.13. The van der Waals surface area contributed by atoms with Crippen LogP contribution < -0.4 is 0 Å². The highest BCUT2D eigenvalue weighted by molar-refractivity contribution is 8.17. The van der Waals surface area contributed by atoms with Crippen LogP contribution in [0.4, 0.5) is 0 Å². The highest BCUT2D eigenvalue weighted by Gasteiger charge is 2.19.